The lowest BCUT2D eigenvalue weighted by atomic mass is 10.0. The predicted octanol–water partition coefficient (Wildman–Crippen LogP) is 1.41. The molecular weight excluding hydrogens is 270 g/mol. The second-order valence-corrected chi connectivity index (χ2v) is 4.53. The number of pyridine rings is 2. The predicted molar refractivity (Wildman–Crippen MR) is 75.7 cm³/mol. The van der Waals surface area contributed by atoms with Gasteiger partial charge in [-0.3, -0.25) is 9.78 Å². The van der Waals surface area contributed by atoms with E-state index in [-0.39, 0.29) is 16.7 Å². The van der Waals surface area contributed by atoms with Crippen LogP contribution >= 0.6 is 0 Å². The highest BCUT2D eigenvalue weighted by Crippen LogP contribution is 2.24. The minimum Gasteiger partial charge on any atom is -0.465 e. The first-order valence-electron chi connectivity index (χ1n) is 6.14. The third-order valence-electron chi connectivity index (χ3n) is 3.06. The Kier molecular flexibility index (Phi) is 3.85. The summed E-state index contributed by atoms with van der Waals surface area (Å²) < 4.78 is 6.05. The van der Waals surface area contributed by atoms with Crippen molar-refractivity contribution in [3.63, 3.8) is 0 Å². The lowest BCUT2D eigenvalue weighted by Gasteiger charge is -2.10. The first-order valence-corrected chi connectivity index (χ1v) is 6.14. The molecule has 21 heavy (non-hydrogen) atoms. The number of carbonyl (C=O) groups is 1. The second kappa shape index (κ2) is 5.59. The Morgan fingerprint density at radius 2 is 2.14 bits per heavy atom. The van der Waals surface area contributed by atoms with Crippen molar-refractivity contribution in [1.82, 2.24) is 9.55 Å². The second-order valence-electron chi connectivity index (χ2n) is 4.53. The monoisotopic (exact) mass is 283 g/mol. The average Bonchev–Trinajstić information content (AvgIpc) is 2.49. The molecule has 0 fully saturated rings. The smallest absolute Gasteiger partial charge is 0.340 e. The first kappa shape index (κ1) is 14.5. The Morgan fingerprint density at radius 3 is 2.76 bits per heavy atom. The van der Waals surface area contributed by atoms with Gasteiger partial charge in [-0.25, -0.2) is 4.79 Å². The van der Waals surface area contributed by atoms with E-state index in [0.29, 0.717) is 16.8 Å². The van der Waals surface area contributed by atoms with Crippen molar-refractivity contribution in [1.29, 1.82) is 5.26 Å². The number of esters is 1. The quantitative estimate of drug-likeness (QED) is 0.778. The van der Waals surface area contributed by atoms with Crippen molar-refractivity contribution in [3.05, 3.63) is 51.7 Å². The standard InChI is InChI=1S/C15H13N3O3/c1-9-4-12(13(7-17-9)15(20)21-3)11-5-10(6-16)14(19)18(2)8-11/h4-5,7-8H,1-3H3. The van der Waals surface area contributed by atoms with Gasteiger partial charge in [0.2, 0.25) is 0 Å². The number of hydrogen-bond acceptors (Lipinski definition) is 5. The molecule has 0 aromatic carbocycles. The maximum absolute atomic E-state index is 11.8. The summed E-state index contributed by atoms with van der Waals surface area (Å²) in [4.78, 5) is 27.7. The minimum atomic E-state index is -0.523. The van der Waals surface area contributed by atoms with E-state index in [1.54, 1.807) is 26.2 Å². The number of aromatic nitrogens is 2. The summed E-state index contributed by atoms with van der Waals surface area (Å²) in [6.07, 6.45) is 3.00. The van der Waals surface area contributed by atoms with E-state index >= 15 is 0 Å². The zero-order valence-corrected chi connectivity index (χ0v) is 11.9. The van der Waals surface area contributed by atoms with Gasteiger partial charge in [0.25, 0.3) is 5.56 Å². The summed E-state index contributed by atoms with van der Waals surface area (Å²) in [5.74, 6) is -0.523. The first-order chi connectivity index (χ1) is 9.97. The summed E-state index contributed by atoms with van der Waals surface area (Å²) in [6, 6.07) is 5.04. The Morgan fingerprint density at radius 1 is 1.43 bits per heavy atom. The Hall–Kier alpha value is -2.94. The van der Waals surface area contributed by atoms with Gasteiger partial charge in [0.15, 0.2) is 0 Å². The summed E-state index contributed by atoms with van der Waals surface area (Å²) in [5, 5.41) is 9.03. The number of hydrogen-bond donors (Lipinski definition) is 0. The number of carbonyl (C=O) groups excluding carboxylic acids is 1. The fourth-order valence-corrected chi connectivity index (χ4v) is 2.01. The third-order valence-corrected chi connectivity index (χ3v) is 3.06. The molecule has 0 saturated heterocycles. The zero-order chi connectivity index (χ0) is 15.6. The SMILES string of the molecule is COC(=O)c1cnc(C)cc1-c1cc(C#N)c(=O)n(C)c1. The van der Waals surface area contributed by atoms with Crippen molar-refractivity contribution in [2.45, 2.75) is 6.92 Å². The summed E-state index contributed by atoms with van der Waals surface area (Å²) >= 11 is 0. The van der Waals surface area contributed by atoms with Crippen molar-refractivity contribution >= 4 is 5.97 Å². The van der Waals surface area contributed by atoms with Crippen LogP contribution in [0.3, 0.4) is 0 Å². The van der Waals surface area contributed by atoms with E-state index in [1.165, 1.54) is 23.9 Å². The van der Waals surface area contributed by atoms with E-state index in [4.69, 9.17) is 10.00 Å². The highest BCUT2D eigenvalue weighted by atomic mass is 16.5. The van der Waals surface area contributed by atoms with Gasteiger partial charge in [0.1, 0.15) is 11.6 Å². The summed E-state index contributed by atoms with van der Waals surface area (Å²) in [6.45, 7) is 1.79. The fraction of sp³-hybridized carbons (Fsp3) is 0.200. The molecule has 106 valence electrons. The molecule has 0 unspecified atom stereocenters. The van der Waals surface area contributed by atoms with Crippen LogP contribution in [0.25, 0.3) is 11.1 Å². The maximum Gasteiger partial charge on any atom is 0.340 e. The van der Waals surface area contributed by atoms with Crippen molar-refractivity contribution in [2.24, 2.45) is 7.05 Å². The Labute approximate surface area is 121 Å². The van der Waals surface area contributed by atoms with Gasteiger partial charge < -0.3 is 9.30 Å². The molecule has 0 aliphatic rings. The molecule has 0 amide bonds. The average molecular weight is 283 g/mol. The van der Waals surface area contributed by atoms with Crippen LogP contribution in [0.2, 0.25) is 0 Å². The number of ether oxygens (including phenoxy) is 1. The molecule has 6 nitrogen and oxygen atoms in total. The van der Waals surface area contributed by atoms with Gasteiger partial charge in [-0.05, 0) is 19.1 Å². The number of nitrogens with zero attached hydrogens (tertiary/aromatic N) is 3. The maximum atomic E-state index is 11.8. The van der Waals surface area contributed by atoms with E-state index in [1.807, 2.05) is 6.07 Å². The molecule has 0 radical (unpaired) electrons. The highest BCUT2D eigenvalue weighted by Gasteiger charge is 2.16. The molecule has 0 atom stereocenters. The van der Waals surface area contributed by atoms with Gasteiger partial charge in [-0.1, -0.05) is 0 Å². The van der Waals surface area contributed by atoms with E-state index in [2.05, 4.69) is 4.98 Å². The van der Waals surface area contributed by atoms with Crippen LogP contribution in [-0.2, 0) is 11.8 Å². The molecule has 0 aliphatic heterocycles. The van der Waals surface area contributed by atoms with E-state index in [0.717, 1.165) is 0 Å². The molecule has 2 aromatic rings. The third kappa shape index (κ3) is 2.67. The lowest BCUT2D eigenvalue weighted by Crippen LogP contribution is -2.19. The zero-order valence-electron chi connectivity index (χ0n) is 11.9. The molecule has 2 heterocycles. The van der Waals surface area contributed by atoms with Crippen LogP contribution in [0.15, 0.2) is 29.3 Å². The molecule has 2 rings (SSSR count). The minimum absolute atomic E-state index is 0.0141. The molecular formula is C15H13N3O3. The molecule has 0 saturated carbocycles. The molecule has 0 spiro atoms. The fourth-order valence-electron chi connectivity index (χ4n) is 2.01. The molecule has 0 bridgehead atoms. The number of rotatable bonds is 2. The van der Waals surface area contributed by atoms with Crippen LogP contribution in [0.4, 0.5) is 0 Å². The van der Waals surface area contributed by atoms with E-state index in [9.17, 15) is 9.59 Å². The van der Waals surface area contributed by atoms with Crippen LogP contribution in [0.5, 0.6) is 0 Å². The Bertz CT molecular complexity index is 816. The number of methoxy groups -OCH3 is 1. The van der Waals surface area contributed by atoms with Crippen LogP contribution in [0.1, 0.15) is 21.6 Å². The summed E-state index contributed by atoms with van der Waals surface area (Å²) in [5.41, 5.74) is 1.78. The van der Waals surface area contributed by atoms with Crippen molar-refractivity contribution in [2.75, 3.05) is 7.11 Å². The number of nitriles is 1. The lowest BCUT2D eigenvalue weighted by molar-refractivity contribution is 0.0601. The largest absolute Gasteiger partial charge is 0.465 e. The van der Waals surface area contributed by atoms with E-state index < -0.39 is 5.97 Å². The van der Waals surface area contributed by atoms with Gasteiger partial charge >= 0.3 is 5.97 Å². The van der Waals surface area contributed by atoms with Gasteiger partial charge in [0.05, 0.1) is 12.7 Å². The summed E-state index contributed by atoms with van der Waals surface area (Å²) in [7, 11) is 2.84. The molecule has 0 aliphatic carbocycles. The van der Waals surface area contributed by atoms with Crippen LogP contribution in [-0.4, -0.2) is 22.6 Å². The van der Waals surface area contributed by atoms with Crippen LogP contribution < -0.4 is 5.56 Å². The van der Waals surface area contributed by atoms with Gasteiger partial charge in [0, 0.05) is 36.3 Å². The highest BCUT2D eigenvalue weighted by molar-refractivity contribution is 5.97. The molecule has 6 heteroatoms. The van der Waals surface area contributed by atoms with Crippen LogP contribution in [0, 0.1) is 18.3 Å². The van der Waals surface area contributed by atoms with Gasteiger partial charge in [-0.15, -0.1) is 0 Å². The van der Waals surface area contributed by atoms with Gasteiger partial charge in [-0.2, -0.15) is 5.26 Å². The van der Waals surface area contributed by atoms with Crippen molar-refractivity contribution < 1.29 is 9.53 Å². The molecule has 2 aromatic heterocycles. The van der Waals surface area contributed by atoms with Crippen molar-refractivity contribution in [3.8, 4) is 17.2 Å². The molecule has 0 N–H and O–H groups in total. The topological polar surface area (TPSA) is 85.0 Å². The Balaban J connectivity index is 2.75. The normalized spacial score (nSPS) is 10.0. The number of aryl methyl sites for hydroxylation is 2.